The van der Waals surface area contributed by atoms with E-state index in [1.54, 1.807) is 25.3 Å². The lowest BCUT2D eigenvalue weighted by Gasteiger charge is -2.11. The molecule has 2 aromatic rings. The maximum atomic E-state index is 12.7. The van der Waals surface area contributed by atoms with Gasteiger partial charge in [0.05, 0.1) is 12.7 Å². The molecule has 0 radical (unpaired) electrons. The Morgan fingerprint density at radius 3 is 2.67 bits per heavy atom. The lowest BCUT2D eigenvalue weighted by atomic mass is 10.2. The Morgan fingerprint density at radius 2 is 2.00 bits per heavy atom. The number of nitrogen functional groups attached to an aromatic ring is 1. The first-order chi connectivity index (χ1) is 9.88. The maximum Gasteiger partial charge on any atom is 0.416 e. The number of nitrogens with zero attached hydrogens (tertiary/aromatic N) is 1. The number of anilines is 2. The van der Waals surface area contributed by atoms with E-state index in [9.17, 15) is 13.2 Å². The SMILES string of the molecule is COc1cccc(CNc2cc(C(F)(F)F)cc(N)n2)c1. The average molecular weight is 297 g/mol. The van der Waals surface area contributed by atoms with Crippen LogP contribution in [0.15, 0.2) is 36.4 Å². The minimum Gasteiger partial charge on any atom is -0.497 e. The molecular formula is C14H14F3N3O. The molecule has 112 valence electrons. The van der Waals surface area contributed by atoms with Crippen molar-refractivity contribution in [1.29, 1.82) is 0 Å². The summed E-state index contributed by atoms with van der Waals surface area (Å²) >= 11 is 0. The van der Waals surface area contributed by atoms with Gasteiger partial charge in [0.2, 0.25) is 0 Å². The quantitative estimate of drug-likeness (QED) is 0.909. The van der Waals surface area contributed by atoms with Crippen molar-refractivity contribution < 1.29 is 17.9 Å². The summed E-state index contributed by atoms with van der Waals surface area (Å²) in [4.78, 5) is 3.84. The van der Waals surface area contributed by atoms with E-state index in [4.69, 9.17) is 10.5 Å². The molecule has 0 saturated carbocycles. The van der Waals surface area contributed by atoms with Gasteiger partial charge >= 0.3 is 6.18 Å². The molecule has 3 N–H and O–H groups in total. The molecule has 0 aliphatic rings. The molecule has 0 unspecified atom stereocenters. The van der Waals surface area contributed by atoms with Crippen LogP contribution in [0.5, 0.6) is 5.75 Å². The number of hydrogen-bond donors (Lipinski definition) is 2. The highest BCUT2D eigenvalue weighted by atomic mass is 19.4. The molecule has 4 nitrogen and oxygen atoms in total. The molecule has 0 amide bonds. The molecule has 0 aliphatic heterocycles. The van der Waals surface area contributed by atoms with Crippen molar-refractivity contribution in [2.24, 2.45) is 0 Å². The van der Waals surface area contributed by atoms with Gasteiger partial charge in [0, 0.05) is 6.54 Å². The number of halogens is 3. The van der Waals surface area contributed by atoms with Crippen LogP contribution in [0, 0.1) is 0 Å². The third-order valence-corrected chi connectivity index (χ3v) is 2.78. The first-order valence-corrected chi connectivity index (χ1v) is 6.10. The summed E-state index contributed by atoms with van der Waals surface area (Å²) in [5.41, 5.74) is 5.42. The van der Waals surface area contributed by atoms with Crippen LogP contribution in [-0.4, -0.2) is 12.1 Å². The fraction of sp³-hybridized carbons (Fsp3) is 0.214. The second kappa shape index (κ2) is 5.90. The monoisotopic (exact) mass is 297 g/mol. The second-order valence-corrected chi connectivity index (χ2v) is 4.37. The minimum atomic E-state index is -4.45. The zero-order chi connectivity index (χ0) is 15.5. The van der Waals surface area contributed by atoms with Crippen molar-refractivity contribution in [2.75, 3.05) is 18.2 Å². The molecule has 1 aromatic heterocycles. The van der Waals surface area contributed by atoms with Crippen molar-refractivity contribution in [3.63, 3.8) is 0 Å². The lowest BCUT2D eigenvalue weighted by molar-refractivity contribution is -0.137. The molecule has 0 spiro atoms. The van der Waals surface area contributed by atoms with Gasteiger partial charge in [-0.05, 0) is 29.8 Å². The van der Waals surface area contributed by atoms with Crippen LogP contribution in [0.4, 0.5) is 24.8 Å². The van der Waals surface area contributed by atoms with E-state index in [2.05, 4.69) is 10.3 Å². The molecule has 1 heterocycles. The molecular weight excluding hydrogens is 283 g/mol. The van der Waals surface area contributed by atoms with Crippen molar-refractivity contribution in [2.45, 2.75) is 12.7 Å². The van der Waals surface area contributed by atoms with Crippen molar-refractivity contribution in [3.05, 3.63) is 47.5 Å². The van der Waals surface area contributed by atoms with Gasteiger partial charge in [-0.2, -0.15) is 13.2 Å². The third-order valence-electron chi connectivity index (χ3n) is 2.78. The van der Waals surface area contributed by atoms with Gasteiger partial charge in [-0.3, -0.25) is 0 Å². The molecule has 0 aliphatic carbocycles. The summed E-state index contributed by atoms with van der Waals surface area (Å²) in [5.74, 6) is 0.564. The maximum absolute atomic E-state index is 12.7. The summed E-state index contributed by atoms with van der Waals surface area (Å²) in [6.07, 6.45) is -4.45. The summed E-state index contributed by atoms with van der Waals surface area (Å²) < 4.78 is 43.1. The van der Waals surface area contributed by atoms with Crippen LogP contribution in [-0.2, 0) is 12.7 Å². The summed E-state index contributed by atoms with van der Waals surface area (Å²) in [7, 11) is 1.54. The van der Waals surface area contributed by atoms with Crippen LogP contribution < -0.4 is 15.8 Å². The number of aromatic nitrogens is 1. The molecule has 7 heteroatoms. The number of benzene rings is 1. The average Bonchev–Trinajstić information content (AvgIpc) is 2.44. The van der Waals surface area contributed by atoms with Gasteiger partial charge in [0.25, 0.3) is 0 Å². The summed E-state index contributed by atoms with van der Waals surface area (Å²) in [6, 6.07) is 8.91. The highest BCUT2D eigenvalue weighted by Crippen LogP contribution is 2.31. The van der Waals surface area contributed by atoms with Gasteiger partial charge in [-0.15, -0.1) is 0 Å². The fourth-order valence-electron chi connectivity index (χ4n) is 1.78. The molecule has 0 atom stereocenters. The zero-order valence-corrected chi connectivity index (χ0v) is 11.2. The van der Waals surface area contributed by atoms with E-state index in [0.29, 0.717) is 12.3 Å². The number of pyridine rings is 1. The number of methoxy groups -OCH3 is 1. The summed E-state index contributed by atoms with van der Waals surface area (Å²) in [5, 5.41) is 2.82. The van der Waals surface area contributed by atoms with E-state index in [-0.39, 0.29) is 11.6 Å². The standard InChI is InChI=1S/C14H14F3N3O/c1-21-11-4-2-3-9(5-11)8-19-13-7-10(14(15,16)17)6-12(18)20-13/h2-7H,8H2,1H3,(H3,18,19,20). The molecule has 0 fully saturated rings. The van der Waals surface area contributed by atoms with Gasteiger partial charge in [-0.25, -0.2) is 4.98 Å². The molecule has 21 heavy (non-hydrogen) atoms. The van der Waals surface area contributed by atoms with Gasteiger partial charge in [0.15, 0.2) is 0 Å². The Bertz CT molecular complexity index is 629. The Hall–Kier alpha value is -2.44. The largest absolute Gasteiger partial charge is 0.497 e. The van der Waals surface area contributed by atoms with Crippen molar-refractivity contribution in [1.82, 2.24) is 4.98 Å². The van der Waals surface area contributed by atoms with E-state index < -0.39 is 11.7 Å². The smallest absolute Gasteiger partial charge is 0.416 e. The summed E-state index contributed by atoms with van der Waals surface area (Å²) in [6.45, 7) is 0.310. The van der Waals surface area contributed by atoms with Gasteiger partial charge < -0.3 is 15.8 Å². The number of rotatable bonds is 4. The second-order valence-electron chi connectivity index (χ2n) is 4.37. The van der Waals surface area contributed by atoms with E-state index in [1.807, 2.05) is 6.07 Å². The Morgan fingerprint density at radius 1 is 1.24 bits per heavy atom. The molecule has 2 rings (SSSR count). The third kappa shape index (κ3) is 4.01. The van der Waals surface area contributed by atoms with Gasteiger partial charge in [0.1, 0.15) is 17.4 Å². The lowest BCUT2D eigenvalue weighted by Crippen LogP contribution is -2.09. The number of nitrogens with one attached hydrogen (secondary N) is 1. The van der Waals surface area contributed by atoms with E-state index in [0.717, 1.165) is 17.7 Å². The van der Waals surface area contributed by atoms with Crippen LogP contribution in [0.2, 0.25) is 0 Å². The normalized spacial score (nSPS) is 11.2. The number of nitrogens with two attached hydrogens (primary N) is 1. The zero-order valence-electron chi connectivity index (χ0n) is 11.2. The first kappa shape index (κ1) is 15.0. The number of ether oxygens (including phenoxy) is 1. The van der Waals surface area contributed by atoms with Crippen LogP contribution in [0.25, 0.3) is 0 Å². The predicted octanol–water partition coefficient (Wildman–Crippen LogP) is 3.30. The molecule has 0 saturated heterocycles. The molecule has 0 bridgehead atoms. The van der Waals surface area contributed by atoms with E-state index in [1.165, 1.54) is 0 Å². The molecule has 1 aromatic carbocycles. The Kier molecular flexibility index (Phi) is 4.21. The van der Waals surface area contributed by atoms with Crippen LogP contribution >= 0.6 is 0 Å². The minimum absolute atomic E-state index is 0.0742. The fourth-order valence-corrected chi connectivity index (χ4v) is 1.78. The van der Waals surface area contributed by atoms with Crippen molar-refractivity contribution in [3.8, 4) is 5.75 Å². The number of alkyl halides is 3. The highest BCUT2D eigenvalue weighted by molar-refractivity contribution is 5.48. The topological polar surface area (TPSA) is 60.2 Å². The Balaban J connectivity index is 2.14. The van der Waals surface area contributed by atoms with Gasteiger partial charge in [-0.1, -0.05) is 12.1 Å². The van der Waals surface area contributed by atoms with E-state index >= 15 is 0 Å². The predicted molar refractivity (Wildman–Crippen MR) is 74.0 cm³/mol. The number of hydrogen-bond acceptors (Lipinski definition) is 4. The van der Waals surface area contributed by atoms with Crippen LogP contribution in [0.3, 0.4) is 0 Å². The highest BCUT2D eigenvalue weighted by Gasteiger charge is 2.31. The van der Waals surface area contributed by atoms with Crippen molar-refractivity contribution >= 4 is 11.6 Å². The van der Waals surface area contributed by atoms with Crippen LogP contribution in [0.1, 0.15) is 11.1 Å². The Labute approximate surface area is 119 Å². The first-order valence-electron chi connectivity index (χ1n) is 6.10.